The number of halogens is 1. The maximum atomic E-state index is 2.20. The molecule has 0 spiro atoms. The average Bonchev–Trinajstić information content (AvgIpc) is 2.25. The van der Waals surface area contributed by atoms with E-state index < -0.39 is 0 Å². The van der Waals surface area contributed by atoms with Gasteiger partial charge in [0.15, 0.2) is 0 Å². The summed E-state index contributed by atoms with van der Waals surface area (Å²) in [5, 5.41) is 0. The molecule has 0 aliphatic carbocycles. The van der Waals surface area contributed by atoms with Gasteiger partial charge in [-0.05, 0) is 30.7 Å². The second kappa shape index (κ2) is 2.17. The smallest absolute Gasteiger partial charge is 0.0439 e. The van der Waals surface area contributed by atoms with Crippen LogP contribution in [0.4, 0.5) is 0 Å². The van der Waals surface area contributed by atoms with E-state index in [-0.39, 0.29) is 12.4 Å². The molecule has 10 heavy (non-hydrogen) atoms. The number of rotatable bonds is 0. The number of aryl methyl sites for hydroxylation is 2. The highest BCUT2D eigenvalue weighted by Gasteiger charge is 2.01. The number of hydrogen-bond donors (Lipinski definition) is 0. The lowest BCUT2D eigenvalue weighted by Gasteiger charge is -1.87. The number of hydrogen-bond acceptors (Lipinski definition) is 0. The van der Waals surface area contributed by atoms with Gasteiger partial charge in [0, 0.05) is 18.1 Å². The maximum absolute atomic E-state index is 2.20. The molecule has 0 amide bonds. The normalized spacial score (nSPS) is 10.2. The van der Waals surface area contributed by atoms with Crippen LogP contribution in [0.2, 0.25) is 0 Å². The van der Waals surface area contributed by atoms with E-state index in [2.05, 4.69) is 36.7 Å². The zero-order valence-electron chi connectivity index (χ0n) is 6.09. The third kappa shape index (κ3) is 0.706. The first-order valence-electron chi connectivity index (χ1n) is 3.13. The van der Waals surface area contributed by atoms with E-state index >= 15 is 0 Å². The molecule has 0 fully saturated rings. The number of fused-ring (bicyclic) bond motifs is 2. The summed E-state index contributed by atoms with van der Waals surface area (Å²) in [4.78, 5) is 0. The average molecular weight is 156 g/mol. The summed E-state index contributed by atoms with van der Waals surface area (Å²) in [6.07, 6.45) is 0. The lowest BCUT2D eigenvalue weighted by atomic mass is 10.2. The van der Waals surface area contributed by atoms with Crippen LogP contribution in [0.1, 0.15) is 5.56 Å². The first-order valence-corrected chi connectivity index (χ1v) is 3.13. The summed E-state index contributed by atoms with van der Waals surface area (Å²) in [6.45, 7) is 2.14. The number of nitrogens with zero attached hydrogens (tertiary/aromatic N) is 1. The molecule has 2 rings (SSSR count). The first kappa shape index (κ1) is 7.42. The van der Waals surface area contributed by atoms with Gasteiger partial charge < -0.3 is 4.57 Å². The lowest BCUT2D eigenvalue weighted by molar-refractivity contribution is 1.02. The Balaban J connectivity index is 0.000000500. The Morgan fingerprint density at radius 2 is 2.00 bits per heavy atom. The van der Waals surface area contributed by atoms with Gasteiger partial charge in [-0.1, -0.05) is 0 Å². The van der Waals surface area contributed by atoms with Crippen LogP contribution in [-0.4, -0.2) is 4.57 Å². The molecule has 2 heterocycles. The van der Waals surface area contributed by atoms with Gasteiger partial charge >= 0.3 is 0 Å². The molecule has 2 aromatic heterocycles. The minimum atomic E-state index is 0. The van der Waals surface area contributed by atoms with Gasteiger partial charge in [-0.25, -0.2) is 0 Å². The summed E-state index contributed by atoms with van der Waals surface area (Å²) < 4.78 is 2.20. The molecule has 0 saturated carbocycles. The fraction of sp³-hybridized carbons (Fsp3) is 0.250. The molecule has 2 heteroatoms. The Kier molecular flexibility index (Phi) is 1.61. The quantitative estimate of drug-likeness (QED) is 0.551. The van der Waals surface area contributed by atoms with Crippen molar-refractivity contribution in [1.29, 1.82) is 0 Å². The van der Waals surface area contributed by atoms with Crippen LogP contribution >= 0.6 is 12.4 Å². The van der Waals surface area contributed by atoms with Crippen molar-refractivity contribution in [3.8, 4) is 0 Å². The Morgan fingerprint density at radius 1 is 1.30 bits per heavy atom. The second-order valence-electron chi connectivity index (χ2n) is 2.53. The number of benzene rings is 1. The number of aromatic nitrogens is 1. The van der Waals surface area contributed by atoms with Gasteiger partial charge in [-0.3, -0.25) is 0 Å². The van der Waals surface area contributed by atoms with Crippen LogP contribution in [0, 0.1) is 6.92 Å². The largest absolute Gasteiger partial charge is 0.344 e. The minimum Gasteiger partial charge on any atom is -0.344 e. The Labute approximate surface area is 66.4 Å². The summed E-state index contributed by atoms with van der Waals surface area (Å²) in [5.74, 6) is 0. The van der Waals surface area contributed by atoms with Crippen molar-refractivity contribution in [2.45, 2.75) is 6.92 Å². The van der Waals surface area contributed by atoms with E-state index in [0.29, 0.717) is 0 Å². The minimum absolute atomic E-state index is 0. The van der Waals surface area contributed by atoms with Gasteiger partial charge in [0.2, 0.25) is 0 Å². The molecule has 54 valence electrons. The second-order valence-corrected chi connectivity index (χ2v) is 2.53. The molecule has 0 saturated heterocycles. The van der Waals surface area contributed by atoms with Crippen molar-refractivity contribution < 1.29 is 0 Å². The monoisotopic (exact) mass is 155 g/mol. The molecular weight excluding hydrogens is 146 g/mol. The Bertz CT molecular complexity index is 324. The van der Waals surface area contributed by atoms with E-state index in [9.17, 15) is 0 Å². The van der Waals surface area contributed by atoms with Crippen LogP contribution in [-0.2, 0) is 7.05 Å². The lowest BCUT2D eigenvalue weighted by Crippen LogP contribution is -1.79. The molecule has 0 N–H and O–H groups in total. The highest BCUT2D eigenvalue weighted by atomic mass is 35.5. The van der Waals surface area contributed by atoms with Crippen molar-refractivity contribution in [1.82, 2.24) is 4.57 Å². The van der Waals surface area contributed by atoms with Crippen LogP contribution in [0.15, 0.2) is 18.2 Å². The van der Waals surface area contributed by atoms with Gasteiger partial charge in [0.25, 0.3) is 0 Å². The highest BCUT2D eigenvalue weighted by Crippen LogP contribution is 2.19. The van der Waals surface area contributed by atoms with Crippen molar-refractivity contribution >= 4 is 23.4 Å². The van der Waals surface area contributed by atoms with E-state index in [4.69, 9.17) is 0 Å². The molecule has 2 aromatic rings. The summed E-state index contributed by atoms with van der Waals surface area (Å²) in [5.41, 5.74) is 4.06. The van der Waals surface area contributed by atoms with Gasteiger partial charge in [-0.15, -0.1) is 12.4 Å². The van der Waals surface area contributed by atoms with E-state index in [1.165, 1.54) is 16.6 Å². The van der Waals surface area contributed by atoms with Crippen molar-refractivity contribution in [2.24, 2.45) is 7.05 Å². The summed E-state index contributed by atoms with van der Waals surface area (Å²) in [7, 11) is 2.09. The molecule has 1 nitrogen and oxygen atoms in total. The topological polar surface area (TPSA) is 4.93 Å². The van der Waals surface area contributed by atoms with Crippen molar-refractivity contribution in [2.75, 3.05) is 0 Å². The van der Waals surface area contributed by atoms with Crippen molar-refractivity contribution in [3.05, 3.63) is 23.8 Å². The fourth-order valence-corrected chi connectivity index (χ4v) is 1.36. The third-order valence-electron chi connectivity index (χ3n) is 1.93. The third-order valence-corrected chi connectivity index (χ3v) is 1.93. The molecule has 0 aromatic carbocycles. The molecular formula is C8H10ClN. The predicted molar refractivity (Wildman–Crippen MR) is 46.1 cm³/mol. The molecule has 2 bridgehead atoms. The van der Waals surface area contributed by atoms with E-state index in [0.717, 1.165) is 0 Å². The Morgan fingerprint density at radius 3 is 2.20 bits per heavy atom. The fourth-order valence-electron chi connectivity index (χ4n) is 1.36. The standard InChI is InChI=1S/C8H9N.ClH/c1-6-5-7-3-4-8(6)9(7)2;/h3-5H,1-2H3;1H. The van der Waals surface area contributed by atoms with Gasteiger partial charge in [-0.2, -0.15) is 0 Å². The van der Waals surface area contributed by atoms with E-state index in [1.807, 2.05) is 0 Å². The van der Waals surface area contributed by atoms with Crippen LogP contribution < -0.4 is 0 Å². The zero-order chi connectivity index (χ0) is 6.43. The van der Waals surface area contributed by atoms with E-state index in [1.54, 1.807) is 0 Å². The SMILES string of the molecule is Cc1cc2ccc1n2C.Cl. The molecule has 0 radical (unpaired) electrons. The maximum Gasteiger partial charge on any atom is 0.0439 e. The molecule has 0 aliphatic heterocycles. The van der Waals surface area contributed by atoms with Gasteiger partial charge in [0.05, 0.1) is 0 Å². The predicted octanol–water partition coefficient (Wildman–Crippen LogP) is 2.35. The Hall–Kier alpha value is -0.690. The molecule has 0 unspecified atom stereocenters. The van der Waals surface area contributed by atoms with Crippen LogP contribution in [0.25, 0.3) is 11.0 Å². The summed E-state index contributed by atoms with van der Waals surface area (Å²) >= 11 is 0. The van der Waals surface area contributed by atoms with Crippen LogP contribution in [0.5, 0.6) is 0 Å². The first-order chi connectivity index (χ1) is 4.29. The molecule has 0 atom stereocenters. The van der Waals surface area contributed by atoms with Gasteiger partial charge in [0.1, 0.15) is 0 Å². The zero-order valence-corrected chi connectivity index (χ0v) is 6.90. The summed E-state index contributed by atoms with van der Waals surface area (Å²) in [6, 6.07) is 6.50. The highest BCUT2D eigenvalue weighted by molar-refractivity contribution is 5.85. The van der Waals surface area contributed by atoms with Crippen LogP contribution in [0.3, 0.4) is 0 Å². The van der Waals surface area contributed by atoms with Crippen molar-refractivity contribution in [3.63, 3.8) is 0 Å². The molecule has 0 aliphatic rings.